The van der Waals surface area contributed by atoms with Crippen molar-refractivity contribution in [3.05, 3.63) is 88.2 Å². The maximum atomic E-state index is 14.8. The first-order valence-electron chi connectivity index (χ1n) is 12.5. The lowest BCUT2D eigenvalue weighted by Gasteiger charge is -2.11. The minimum absolute atomic E-state index is 0.126. The van der Waals surface area contributed by atoms with Gasteiger partial charge >= 0.3 is 0 Å². The van der Waals surface area contributed by atoms with Gasteiger partial charge in [0.1, 0.15) is 11.3 Å². The largest absolute Gasteiger partial charge is 0.494 e. The summed E-state index contributed by atoms with van der Waals surface area (Å²) in [6.45, 7) is 2.64. The molecule has 8 heteroatoms. The Balaban J connectivity index is 1.69. The average molecular weight is 537 g/mol. The van der Waals surface area contributed by atoms with Gasteiger partial charge in [0.2, 0.25) is 0 Å². The van der Waals surface area contributed by atoms with Gasteiger partial charge in [0.05, 0.1) is 12.2 Å². The number of hydrogen-bond acceptors (Lipinski definition) is 1. The highest BCUT2D eigenvalue weighted by Crippen LogP contribution is 2.33. The van der Waals surface area contributed by atoms with Crippen LogP contribution in [0.5, 0.6) is 5.75 Å². The van der Waals surface area contributed by atoms with Gasteiger partial charge in [-0.1, -0.05) is 75.8 Å². The predicted molar refractivity (Wildman–Crippen MR) is 132 cm³/mol. The molecule has 0 N–H and O–H groups in total. The van der Waals surface area contributed by atoms with E-state index in [1.165, 1.54) is 56.4 Å². The fourth-order valence-corrected chi connectivity index (χ4v) is 3.90. The van der Waals surface area contributed by atoms with Crippen molar-refractivity contribution in [3.8, 4) is 28.7 Å². The van der Waals surface area contributed by atoms with Gasteiger partial charge in [0.25, 0.3) is 0 Å². The van der Waals surface area contributed by atoms with Gasteiger partial charge in [0.15, 0.2) is 40.7 Å². The van der Waals surface area contributed by atoms with Crippen molar-refractivity contribution in [2.75, 3.05) is 6.61 Å². The third kappa shape index (κ3) is 7.31. The molecule has 38 heavy (non-hydrogen) atoms. The number of halogens is 7. The molecule has 3 aromatic carbocycles. The highest BCUT2D eigenvalue weighted by molar-refractivity contribution is 5.67. The van der Waals surface area contributed by atoms with Crippen molar-refractivity contribution in [3.63, 3.8) is 0 Å². The third-order valence-electron chi connectivity index (χ3n) is 5.99. The molecule has 0 saturated carbocycles. The van der Waals surface area contributed by atoms with Crippen molar-refractivity contribution >= 4 is 0 Å². The van der Waals surface area contributed by atoms with Gasteiger partial charge in [-0.15, -0.1) is 0 Å². The zero-order valence-corrected chi connectivity index (χ0v) is 20.9. The van der Waals surface area contributed by atoms with Crippen molar-refractivity contribution < 1.29 is 35.5 Å². The molecule has 0 amide bonds. The molecule has 0 bridgehead atoms. The molecule has 1 nitrogen and oxygen atoms in total. The van der Waals surface area contributed by atoms with Gasteiger partial charge in [-0.2, -0.15) is 0 Å². The second kappa shape index (κ2) is 13.9. The van der Waals surface area contributed by atoms with Crippen molar-refractivity contribution in [2.45, 2.75) is 58.3 Å². The van der Waals surface area contributed by atoms with Gasteiger partial charge in [0, 0.05) is 5.56 Å². The Bertz CT molecular complexity index is 1250. The van der Waals surface area contributed by atoms with Crippen LogP contribution in [0, 0.1) is 52.6 Å². The topological polar surface area (TPSA) is 9.23 Å². The Labute approximate surface area is 217 Å². The zero-order valence-electron chi connectivity index (χ0n) is 20.9. The highest BCUT2D eigenvalue weighted by Gasteiger charge is 2.25. The summed E-state index contributed by atoms with van der Waals surface area (Å²) in [6, 6.07) is 6.42. The molecule has 3 rings (SSSR count). The van der Waals surface area contributed by atoms with Gasteiger partial charge in [-0.25, -0.2) is 30.7 Å². The lowest BCUT2D eigenvalue weighted by atomic mass is 10.0. The van der Waals surface area contributed by atoms with E-state index in [1.54, 1.807) is 0 Å². The summed E-state index contributed by atoms with van der Waals surface area (Å²) in [5, 5.41) is 0. The normalized spacial score (nSPS) is 10.8. The number of benzene rings is 3. The molecule has 0 aliphatic heterocycles. The zero-order chi connectivity index (χ0) is 27.7. The molecule has 0 aliphatic carbocycles. The van der Waals surface area contributed by atoms with Crippen molar-refractivity contribution in [2.24, 2.45) is 0 Å². The van der Waals surface area contributed by atoms with Crippen LogP contribution in [0.4, 0.5) is 30.7 Å². The quantitative estimate of drug-likeness (QED) is 0.0780. The van der Waals surface area contributed by atoms with E-state index in [0.717, 1.165) is 19.3 Å². The second-order valence-corrected chi connectivity index (χ2v) is 8.86. The Morgan fingerprint density at radius 1 is 0.605 bits per heavy atom. The number of rotatable bonds is 11. The summed E-state index contributed by atoms with van der Waals surface area (Å²) in [7, 11) is 0. The summed E-state index contributed by atoms with van der Waals surface area (Å²) in [6.07, 6.45) is 9.14. The Kier molecular flexibility index (Phi) is 10.6. The van der Waals surface area contributed by atoms with Gasteiger partial charge < -0.3 is 4.74 Å². The summed E-state index contributed by atoms with van der Waals surface area (Å²) in [5.41, 5.74) is -2.80. The van der Waals surface area contributed by atoms with Crippen molar-refractivity contribution in [1.29, 1.82) is 0 Å². The number of hydrogen-bond donors (Lipinski definition) is 0. The second-order valence-electron chi connectivity index (χ2n) is 8.86. The molecule has 202 valence electrons. The highest BCUT2D eigenvalue weighted by atomic mass is 19.2. The lowest BCUT2D eigenvalue weighted by molar-refractivity contribution is 0.304. The fraction of sp³-hybridized carbons (Fsp3) is 0.333. The molecule has 0 heterocycles. The van der Waals surface area contributed by atoms with Crippen LogP contribution < -0.4 is 4.74 Å². The van der Waals surface area contributed by atoms with E-state index < -0.39 is 57.4 Å². The maximum Gasteiger partial charge on any atom is 0.194 e. The molecule has 3 aromatic rings. The monoisotopic (exact) mass is 536 g/mol. The van der Waals surface area contributed by atoms with E-state index >= 15 is 0 Å². The van der Waals surface area contributed by atoms with Crippen LogP contribution in [0.2, 0.25) is 0 Å². The molecule has 0 radical (unpaired) electrons. The summed E-state index contributed by atoms with van der Waals surface area (Å²) < 4.78 is 104. The molecular weight excluding hydrogens is 509 g/mol. The van der Waals surface area contributed by atoms with E-state index in [-0.39, 0.29) is 5.56 Å². The van der Waals surface area contributed by atoms with E-state index in [9.17, 15) is 30.7 Å². The van der Waals surface area contributed by atoms with E-state index in [2.05, 4.69) is 6.92 Å². The first-order valence-corrected chi connectivity index (χ1v) is 12.5. The van der Waals surface area contributed by atoms with Gasteiger partial charge in [-0.05, 0) is 36.2 Å². The van der Waals surface area contributed by atoms with Gasteiger partial charge in [-0.3, -0.25) is 0 Å². The fourth-order valence-electron chi connectivity index (χ4n) is 3.90. The smallest absolute Gasteiger partial charge is 0.194 e. The van der Waals surface area contributed by atoms with Crippen molar-refractivity contribution in [1.82, 2.24) is 0 Å². The SMILES string of the molecule is CCCCCCCCCCOc1ccc(-c2c(F)c(F)c(C#Cc3cc(F)c(F)c(F)c3)c(F)c2F)cc1. The summed E-state index contributed by atoms with van der Waals surface area (Å²) in [4.78, 5) is 0. The van der Waals surface area contributed by atoms with E-state index in [0.29, 0.717) is 24.5 Å². The molecule has 0 aromatic heterocycles. The first kappa shape index (κ1) is 29.1. The van der Waals surface area contributed by atoms with Crippen LogP contribution in [0.15, 0.2) is 36.4 Å². The number of unbranched alkanes of at least 4 members (excludes halogenated alkanes) is 7. The minimum Gasteiger partial charge on any atom is -0.494 e. The van der Waals surface area contributed by atoms with Crippen LogP contribution in [0.25, 0.3) is 11.1 Å². The first-order chi connectivity index (χ1) is 18.2. The molecule has 0 unspecified atom stereocenters. The average Bonchev–Trinajstić information content (AvgIpc) is 2.90. The predicted octanol–water partition coefficient (Wildman–Crippen LogP) is 9.25. The third-order valence-corrected chi connectivity index (χ3v) is 5.99. The molecule has 0 fully saturated rings. The standard InChI is InChI=1S/C30H27F7O/c1-2-3-4-5-6-7-8-9-16-38-21-13-11-20(12-14-21)25-29(36)26(33)22(27(34)30(25)37)15-10-19-17-23(31)28(35)24(32)18-19/h11-14,17-18H,2-9,16H2,1H3. The Morgan fingerprint density at radius 3 is 1.68 bits per heavy atom. The summed E-state index contributed by atoms with van der Waals surface area (Å²) in [5.74, 6) is -7.55. The minimum atomic E-state index is -1.77. The van der Waals surface area contributed by atoms with Crippen LogP contribution in [0.1, 0.15) is 69.4 Å². The molecular formula is C30H27F7O. The van der Waals surface area contributed by atoms with E-state index in [4.69, 9.17) is 4.74 Å². The molecule has 0 aliphatic rings. The summed E-state index contributed by atoms with van der Waals surface area (Å²) >= 11 is 0. The lowest BCUT2D eigenvalue weighted by Crippen LogP contribution is -2.04. The Hall–Kier alpha value is -3.47. The maximum absolute atomic E-state index is 14.8. The molecule has 0 saturated heterocycles. The molecule has 0 atom stereocenters. The number of ether oxygens (including phenoxy) is 1. The molecule has 0 spiro atoms. The van der Waals surface area contributed by atoms with Crippen LogP contribution in [-0.2, 0) is 0 Å². The van der Waals surface area contributed by atoms with E-state index in [1.807, 2.05) is 11.8 Å². The van der Waals surface area contributed by atoms with Crippen LogP contribution >= 0.6 is 0 Å². The van der Waals surface area contributed by atoms with Crippen LogP contribution in [0.3, 0.4) is 0 Å². The van der Waals surface area contributed by atoms with Crippen LogP contribution in [-0.4, -0.2) is 6.61 Å². The Morgan fingerprint density at radius 2 is 1.13 bits per heavy atom.